The Kier molecular flexibility index (Phi) is 5.46. The fourth-order valence-electron chi connectivity index (χ4n) is 3.74. The average Bonchev–Trinajstić information content (AvgIpc) is 3.02. The number of anilines is 1. The van der Waals surface area contributed by atoms with E-state index < -0.39 is 5.97 Å². The highest BCUT2D eigenvalue weighted by Gasteiger charge is 2.38. The Morgan fingerprint density at radius 1 is 1.00 bits per heavy atom. The van der Waals surface area contributed by atoms with Crippen molar-refractivity contribution in [1.29, 1.82) is 0 Å². The lowest BCUT2D eigenvalue weighted by atomic mass is 10.0. The maximum absolute atomic E-state index is 13.5. The number of hydrogen-bond acceptors (Lipinski definition) is 4. The quantitative estimate of drug-likeness (QED) is 0.323. The number of thioether (sulfide) groups is 1. The standard InChI is InChI=1S/C25H21NO3S/c1-16-23(25(28)29-2)21(15-17-11-13-19(30-3)14-12-17)24(27)26(16)22-10-6-8-18-7-4-5-9-20(18)22/h4-15H,1-3H3. The molecule has 5 heteroatoms. The minimum absolute atomic E-state index is 0.238. The van der Waals surface area contributed by atoms with E-state index in [0.717, 1.165) is 26.9 Å². The SMILES string of the molecule is COC(=O)C1=C(C)N(c2cccc3ccccc23)C(=O)C1=Cc1ccc(SC)cc1. The van der Waals surface area contributed by atoms with Crippen LogP contribution in [0.1, 0.15) is 12.5 Å². The lowest BCUT2D eigenvalue weighted by Crippen LogP contribution is -2.24. The zero-order valence-electron chi connectivity index (χ0n) is 17.0. The molecule has 0 bridgehead atoms. The Labute approximate surface area is 179 Å². The van der Waals surface area contributed by atoms with E-state index in [1.807, 2.05) is 73.0 Å². The van der Waals surface area contributed by atoms with Crippen molar-refractivity contribution in [2.45, 2.75) is 11.8 Å². The van der Waals surface area contributed by atoms with E-state index in [-0.39, 0.29) is 5.91 Å². The van der Waals surface area contributed by atoms with Gasteiger partial charge in [-0.15, -0.1) is 11.8 Å². The van der Waals surface area contributed by atoms with Gasteiger partial charge in [0, 0.05) is 16.0 Å². The molecule has 150 valence electrons. The molecule has 0 atom stereocenters. The van der Waals surface area contributed by atoms with Crippen LogP contribution >= 0.6 is 11.8 Å². The molecule has 1 aliphatic heterocycles. The molecular weight excluding hydrogens is 394 g/mol. The predicted octanol–water partition coefficient (Wildman–Crippen LogP) is 5.44. The summed E-state index contributed by atoms with van der Waals surface area (Å²) in [6.07, 6.45) is 3.77. The van der Waals surface area contributed by atoms with Gasteiger partial charge in [0.25, 0.3) is 5.91 Å². The van der Waals surface area contributed by atoms with Crippen molar-refractivity contribution in [3.63, 3.8) is 0 Å². The first-order chi connectivity index (χ1) is 14.5. The minimum Gasteiger partial charge on any atom is -0.465 e. The van der Waals surface area contributed by atoms with Gasteiger partial charge in [-0.25, -0.2) is 4.79 Å². The first-order valence-electron chi connectivity index (χ1n) is 9.52. The lowest BCUT2D eigenvalue weighted by Gasteiger charge is -2.20. The van der Waals surface area contributed by atoms with Crippen LogP contribution in [0.2, 0.25) is 0 Å². The predicted molar refractivity (Wildman–Crippen MR) is 122 cm³/mol. The van der Waals surface area contributed by atoms with Gasteiger partial charge in [0.15, 0.2) is 0 Å². The van der Waals surface area contributed by atoms with Crippen molar-refractivity contribution in [1.82, 2.24) is 0 Å². The molecule has 0 aromatic heterocycles. The molecule has 0 radical (unpaired) electrons. The number of fused-ring (bicyclic) bond motifs is 1. The molecule has 4 nitrogen and oxygen atoms in total. The van der Waals surface area contributed by atoms with E-state index in [0.29, 0.717) is 16.8 Å². The summed E-state index contributed by atoms with van der Waals surface area (Å²) >= 11 is 1.65. The summed E-state index contributed by atoms with van der Waals surface area (Å²) in [5.41, 5.74) is 2.80. The second-order valence-corrected chi connectivity index (χ2v) is 7.80. The van der Waals surface area contributed by atoms with Crippen LogP contribution < -0.4 is 4.90 Å². The Balaban J connectivity index is 1.87. The Morgan fingerprint density at radius 2 is 1.70 bits per heavy atom. The van der Waals surface area contributed by atoms with Gasteiger partial charge in [0.2, 0.25) is 0 Å². The maximum atomic E-state index is 13.5. The van der Waals surface area contributed by atoms with Crippen molar-refractivity contribution >= 4 is 46.2 Å². The van der Waals surface area contributed by atoms with E-state index >= 15 is 0 Å². The summed E-state index contributed by atoms with van der Waals surface area (Å²) < 4.78 is 5.01. The number of amides is 1. The number of methoxy groups -OCH3 is 1. The van der Waals surface area contributed by atoms with Crippen LogP contribution in [0.3, 0.4) is 0 Å². The number of rotatable bonds is 4. The second-order valence-electron chi connectivity index (χ2n) is 6.92. The normalized spacial score (nSPS) is 15.4. The number of benzene rings is 3. The van der Waals surface area contributed by atoms with Crippen LogP contribution in [0.15, 0.2) is 88.5 Å². The van der Waals surface area contributed by atoms with Gasteiger partial charge in [-0.05, 0) is 48.4 Å². The first-order valence-corrected chi connectivity index (χ1v) is 10.7. The first kappa shape index (κ1) is 20.0. The van der Waals surface area contributed by atoms with E-state index in [4.69, 9.17) is 4.74 Å². The van der Waals surface area contributed by atoms with Gasteiger partial charge in [-0.1, -0.05) is 48.5 Å². The summed E-state index contributed by atoms with van der Waals surface area (Å²) in [6, 6.07) is 21.6. The van der Waals surface area contributed by atoms with Crippen molar-refractivity contribution < 1.29 is 14.3 Å². The molecule has 1 aliphatic rings. The van der Waals surface area contributed by atoms with Crippen molar-refractivity contribution in [2.75, 3.05) is 18.3 Å². The molecule has 3 aromatic carbocycles. The summed E-state index contributed by atoms with van der Waals surface area (Å²) in [4.78, 5) is 28.9. The summed E-state index contributed by atoms with van der Waals surface area (Å²) in [6.45, 7) is 1.78. The van der Waals surface area contributed by atoms with Crippen LogP contribution in [0.4, 0.5) is 5.69 Å². The number of ether oxygens (including phenoxy) is 1. The van der Waals surface area contributed by atoms with Crippen LogP contribution in [-0.2, 0) is 14.3 Å². The van der Waals surface area contributed by atoms with Crippen LogP contribution in [0.5, 0.6) is 0 Å². The van der Waals surface area contributed by atoms with Crippen LogP contribution in [0, 0.1) is 0 Å². The lowest BCUT2D eigenvalue weighted by molar-refractivity contribution is -0.136. The highest BCUT2D eigenvalue weighted by molar-refractivity contribution is 7.98. The number of nitrogens with zero attached hydrogens (tertiary/aromatic N) is 1. The zero-order valence-corrected chi connectivity index (χ0v) is 17.8. The molecule has 1 amide bonds. The van der Waals surface area contributed by atoms with Gasteiger partial charge < -0.3 is 4.74 Å². The molecule has 0 N–H and O–H groups in total. The molecule has 4 rings (SSSR count). The number of allylic oxidation sites excluding steroid dienone is 1. The van der Waals surface area contributed by atoms with E-state index in [2.05, 4.69) is 0 Å². The second kappa shape index (κ2) is 8.20. The fourth-order valence-corrected chi connectivity index (χ4v) is 4.15. The van der Waals surface area contributed by atoms with Gasteiger partial charge >= 0.3 is 5.97 Å². The number of carbonyl (C=O) groups is 2. The monoisotopic (exact) mass is 415 g/mol. The summed E-state index contributed by atoms with van der Waals surface area (Å²) in [5, 5.41) is 1.97. The summed E-state index contributed by atoms with van der Waals surface area (Å²) in [5.74, 6) is -0.756. The topological polar surface area (TPSA) is 46.6 Å². The Morgan fingerprint density at radius 3 is 2.40 bits per heavy atom. The van der Waals surface area contributed by atoms with Crippen molar-refractivity contribution in [2.24, 2.45) is 0 Å². The van der Waals surface area contributed by atoms with Crippen LogP contribution in [-0.4, -0.2) is 25.2 Å². The molecule has 0 aliphatic carbocycles. The largest absolute Gasteiger partial charge is 0.465 e. The smallest absolute Gasteiger partial charge is 0.340 e. The van der Waals surface area contributed by atoms with Gasteiger partial charge in [0.1, 0.15) is 0 Å². The third kappa shape index (κ3) is 3.42. The van der Waals surface area contributed by atoms with Gasteiger partial charge in [0.05, 0.1) is 23.9 Å². The van der Waals surface area contributed by atoms with E-state index in [1.54, 1.807) is 29.7 Å². The minimum atomic E-state index is -0.518. The number of carbonyl (C=O) groups excluding carboxylic acids is 2. The highest BCUT2D eigenvalue weighted by atomic mass is 32.2. The highest BCUT2D eigenvalue weighted by Crippen LogP contribution is 2.38. The van der Waals surface area contributed by atoms with Crippen LogP contribution in [0.25, 0.3) is 16.8 Å². The molecule has 0 spiro atoms. The maximum Gasteiger partial charge on any atom is 0.340 e. The van der Waals surface area contributed by atoms with Gasteiger partial charge in [-0.3, -0.25) is 9.69 Å². The van der Waals surface area contributed by atoms with E-state index in [9.17, 15) is 9.59 Å². The average molecular weight is 416 g/mol. The molecule has 0 unspecified atom stereocenters. The zero-order chi connectivity index (χ0) is 21.3. The molecule has 0 saturated heterocycles. The molecule has 0 saturated carbocycles. The van der Waals surface area contributed by atoms with Crippen molar-refractivity contribution in [3.05, 3.63) is 89.1 Å². The molecule has 30 heavy (non-hydrogen) atoms. The van der Waals surface area contributed by atoms with Gasteiger partial charge in [-0.2, -0.15) is 0 Å². The number of hydrogen-bond donors (Lipinski definition) is 0. The third-order valence-corrected chi connectivity index (χ3v) is 5.97. The molecule has 0 fully saturated rings. The fraction of sp³-hybridized carbons (Fsp3) is 0.120. The molecular formula is C25H21NO3S. The number of esters is 1. The van der Waals surface area contributed by atoms with E-state index in [1.165, 1.54) is 7.11 Å². The molecule has 3 aromatic rings. The Bertz CT molecular complexity index is 1200. The van der Waals surface area contributed by atoms with Crippen molar-refractivity contribution in [3.8, 4) is 0 Å². The molecule has 1 heterocycles. The Hall–Kier alpha value is -3.31. The third-order valence-electron chi connectivity index (χ3n) is 5.22. The summed E-state index contributed by atoms with van der Waals surface area (Å²) in [7, 11) is 1.33.